The monoisotopic (exact) mass is 209 g/mol. The van der Waals surface area contributed by atoms with E-state index in [1.54, 1.807) is 4.52 Å². The zero-order valence-electron chi connectivity index (χ0n) is 8.45. The molecule has 0 aliphatic heterocycles. The van der Waals surface area contributed by atoms with Crippen LogP contribution in [0, 0.1) is 6.92 Å². The van der Waals surface area contributed by atoms with E-state index in [0.717, 1.165) is 17.0 Å². The Labute approximate surface area is 87.7 Å². The first-order valence-electron chi connectivity index (χ1n) is 4.61. The Morgan fingerprint density at radius 1 is 1.36 bits per heavy atom. The van der Waals surface area contributed by atoms with E-state index >= 15 is 0 Å². The Kier molecular flexibility index (Phi) is 2.19. The van der Waals surface area contributed by atoms with Crippen LogP contribution in [0.3, 0.4) is 0 Å². The van der Waals surface area contributed by atoms with Crippen LogP contribution in [0.4, 0.5) is 0 Å². The highest BCUT2D eigenvalue weighted by molar-refractivity contribution is 6.29. The van der Waals surface area contributed by atoms with Gasteiger partial charge in [-0.25, -0.2) is 9.50 Å². The van der Waals surface area contributed by atoms with Crippen LogP contribution < -0.4 is 0 Å². The molecule has 14 heavy (non-hydrogen) atoms. The molecule has 74 valence electrons. The molecule has 0 saturated heterocycles. The first-order chi connectivity index (χ1) is 6.58. The first kappa shape index (κ1) is 9.46. The van der Waals surface area contributed by atoms with Gasteiger partial charge in [0.05, 0.1) is 5.69 Å². The fraction of sp³-hybridized carbons (Fsp3) is 0.400. The summed E-state index contributed by atoms with van der Waals surface area (Å²) in [5, 5.41) is 4.85. The molecule has 0 aliphatic rings. The summed E-state index contributed by atoms with van der Waals surface area (Å²) in [6.07, 6.45) is 0. The van der Waals surface area contributed by atoms with Crippen molar-refractivity contribution in [3.63, 3.8) is 0 Å². The number of fused-ring (bicyclic) bond motifs is 1. The fourth-order valence-corrected chi connectivity index (χ4v) is 1.60. The predicted octanol–water partition coefficient (Wildman–Crippen LogP) is 2.81. The summed E-state index contributed by atoms with van der Waals surface area (Å²) in [6, 6.07) is 3.80. The van der Waals surface area contributed by atoms with E-state index in [0.29, 0.717) is 11.1 Å². The first-order valence-corrected chi connectivity index (χ1v) is 4.98. The van der Waals surface area contributed by atoms with E-state index in [9.17, 15) is 0 Å². The summed E-state index contributed by atoms with van der Waals surface area (Å²) in [5.74, 6) is 0.382. The Bertz CT molecular complexity index is 473. The van der Waals surface area contributed by atoms with Crippen LogP contribution in [0.2, 0.25) is 5.15 Å². The van der Waals surface area contributed by atoms with Crippen molar-refractivity contribution in [3.05, 3.63) is 28.7 Å². The van der Waals surface area contributed by atoms with Crippen molar-refractivity contribution in [1.82, 2.24) is 14.6 Å². The van der Waals surface area contributed by atoms with Gasteiger partial charge in [0.2, 0.25) is 0 Å². The molecule has 2 aromatic heterocycles. The molecule has 0 saturated carbocycles. The summed E-state index contributed by atoms with van der Waals surface area (Å²) in [4.78, 5) is 4.47. The highest BCUT2D eigenvalue weighted by Gasteiger charge is 2.08. The van der Waals surface area contributed by atoms with Crippen LogP contribution >= 0.6 is 11.6 Å². The van der Waals surface area contributed by atoms with Crippen LogP contribution in [0.25, 0.3) is 5.65 Å². The van der Waals surface area contributed by atoms with Gasteiger partial charge >= 0.3 is 0 Å². The van der Waals surface area contributed by atoms with Crippen LogP contribution in [0.15, 0.2) is 12.1 Å². The van der Waals surface area contributed by atoms with E-state index < -0.39 is 0 Å². The highest BCUT2D eigenvalue weighted by atomic mass is 35.5. The van der Waals surface area contributed by atoms with Crippen molar-refractivity contribution >= 4 is 17.2 Å². The minimum absolute atomic E-state index is 0.382. The molecule has 0 radical (unpaired) electrons. The minimum Gasteiger partial charge on any atom is -0.233 e. The quantitative estimate of drug-likeness (QED) is 0.677. The second-order valence-electron chi connectivity index (χ2n) is 3.71. The summed E-state index contributed by atoms with van der Waals surface area (Å²) in [5.41, 5.74) is 2.75. The predicted molar refractivity (Wildman–Crippen MR) is 56.8 cm³/mol. The highest BCUT2D eigenvalue weighted by Crippen LogP contribution is 2.19. The second-order valence-corrected chi connectivity index (χ2v) is 4.10. The number of rotatable bonds is 1. The molecule has 2 aromatic rings. The molecule has 0 amide bonds. The van der Waals surface area contributed by atoms with Crippen LogP contribution in [-0.4, -0.2) is 14.6 Å². The van der Waals surface area contributed by atoms with Gasteiger partial charge in [-0.1, -0.05) is 25.4 Å². The Morgan fingerprint density at radius 2 is 2.07 bits per heavy atom. The van der Waals surface area contributed by atoms with Gasteiger partial charge in [-0.3, -0.25) is 0 Å². The van der Waals surface area contributed by atoms with Crippen LogP contribution in [0.1, 0.15) is 31.2 Å². The number of halogens is 1. The number of aromatic nitrogens is 3. The lowest BCUT2D eigenvalue weighted by atomic mass is 10.1. The van der Waals surface area contributed by atoms with Gasteiger partial charge in [0.1, 0.15) is 5.15 Å². The Balaban J connectivity index is 2.71. The molecule has 0 aliphatic carbocycles. The lowest BCUT2D eigenvalue weighted by Gasteiger charge is -2.05. The molecule has 0 fully saturated rings. The normalized spacial score (nSPS) is 11.5. The largest absolute Gasteiger partial charge is 0.233 e. The van der Waals surface area contributed by atoms with Crippen molar-refractivity contribution < 1.29 is 0 Å². The minimum atomic E-state index is 0.382. The van der Waals surface area contributed by atoms with Crippen molar-refractivity contribution in [1.29, 1.82) is 0 Å². The van der Waals surface area contributed by atoms with Crippen LogP contribution in [0.5, 0.6) is 0 Å². The molecule has 3 nitrogen and oxygen atoms in total. The van der Waals surface area contributed by atoms with E-state index in [-0.39, 0.29) is 0 Å². The van der Waals surface area contributed by atoms with Gasteiger partial charge in [0, 0.05) is 11.8 Å². The molecular weight excluding hydrogens is 198 g/mol. The number of hydrogen-bond donors (Lipinski definition) is 0. The summed E-state index contributed by atoms with van der Waals surface area (Å²) in [6.45, 7) is 6.12. The van der Waals surface area contributed by atoms with E-state index in [4.69, 9.17) is 11.6 Å². The van der Waals surface area contributed by atoms with Gasteiger partial charge in [0.15, 0.2) is 5.65 Å². The summed E-state index contributed by atoms with van der Waals surface area (Å²) >= 11 is 6.08. The molecule has 0 atom stereocenters. The fourth-order valence-electron chi connectivity index (χ4n) is 1.37. The van der Waals surface area contributed by atoms with Crippen molar-refractivity contribution in [2.45, 2.75) is 26.7 Å². The maximum atomic E-state index is 6.08. The molecule has 2 rings (SSSR count). The van der Waals surface area contributed by atoms with Gasteiger partial charge in [-0.05, 0) is 18.9 Å². The third-order valence-electron chi connectivity index (χ3n) is 2.12. The van der Waals surface area contributed by atoms with E-state index in [1.807, 2.05) is 19.1 Å². The smallest absolute Gasteiger partial charge is 0.157 e. The third-order valence-corrected chi connectivity index (χ3v) is 2.39. The molecule has 0 spiro atoms. The molecular formula is C10H12ClN3. The maximum absolute atomic E-state index is 6.08. The topological polar surface area (TPSA) is 30.2 Å². The number of nitrogens with zero attached hydrogens (tertiary/aromatic N) is 3. The number of hydrogen-bond acceptors (Lipinski definition) is 2. The van der Waals surface area contributed by atoms with Crippen molar-refractivity contribution in [2.24, 2.45) is 0 Å². The van der Waals surface area contributed by atoms with Gasteiger partial charge < -0.3 is 0 Å². The van der Waals surface area contributed by atoms with E-state index in [1.165, 1.54) is 0 Å². The van der Waals surface area contributed by atoms with Crippen molar-refractivity contribution in [2.75, 3.05) is 0 Å². The maximum Gasteiger partial charge on any atom is 0.157 e. The second kappa shape index (κ2) is 3.24. The van der Waals surface area contributed by atoms with E-state index in [2.05, 4.69) is 23.9 Å². The summed E-state index contributed by atoms with van der Waals surface area (Å²) in [7, 11) is 0. The molecule has 0 bridgehead atoms. The number of aryl methyl sites for hydroxylation is 1. The Hall–Kier alpha value is -1.09. The zero-order chi connectivity index (χ0) is 10.3. The summed E-state index contributed by atoms with van der Waals surface area (Å²) < 4.78 is 1.66. The van der Waals surface area contributed by atoms with Gasteiger partial charge in [-0.15, -0.1) is 0 Å². The van der Waals surface area contributed by atoms with Gasteiger partial charge in [-0.2, -0.15) is 5.10 Å². The molecule has 0 N–H and O–H groups in total. The van der Waals surface area contributed by atoms with Crippen LogP contribution in [-0.2, 0) is 0 Å². The molecule has 0 unspecified atom stereocenters. The standard InChI is InChI=1S/C10H12ClN3/c1-6(2)8-5-9(11)14-10(12-8)4-7(3)13-14/h4-6H,1-3H3. The van der Waals surface area contributed by atoms with Crippen molar-refractivity contribution in [3.8, 4) is 0 Å². The lowest BCUT2D eigenvalue weighted by Crippen LogP contribution is -1.98. The molecule has 2 heterocycles. The third kappa shape index (κ3) is 1.48. The molecule has 4 heteroatoms. The average Bonchev–Trinajstić information content (AvgIpc) is 2.45. The van der Waals surface area contributed by atoms with Gasteiger partial charge in [0.25, 0.3) is 0 Å². The SMILES string of the molecule is Cc1cc2nc(C(C)C)cc(Cl)n2n1. The zero-order valence-corrected chi connectivity index (χ0v) is 9.21. The lowest BCUT2D eigenvalue weighted by molar-refractivity contribution is 0.807. The molecule has 0 aromatic carbocycles. The average molecular weight is 210 g/mol. The Morgan fingerprint density at radius 3 is 2.71 bits per heavy atom.